The van der Waals surface area contributed by atoms with Crippen molar-refractivity contribution < 1.29 is 22.8 Å². The lowest BCUT2D eigenvalue weighted by Gasteiger charge is -2.39. The Labute approximate surface area is 198 Å². The number of hydrogen-bond donors (Lipinski definition) is 0. The van der Waals surface area contributed by atoms with Gasteiger partial charge in [0.1, 0.15) is 0 Å². The molecule has 5 nitrogen and oxygen atoms in total. The van der Waals surface area contributed by atoms with Crippen molar-refractivity contribution in [2.45, 2.75) is 44.3 Å². The van der Waals surface area contributed by atoms with Crippen LogP contribution in [0.15, 0.2) is 54.6 Å². The largest absolute Gasteiger partial charge is 0.416 e. The first-order valence-corrected chi connectivity index (χ1v) is 11.9. The SMILES string of the molecule is O=C(c1ccc(C(F)(F)F)cc1)N1CCC(N(C(=O)CN2CCCCC2)c2ccccc2)CC1. The number of halogens is 3. The standard InChI is InChI=1S/C26H30F3N3O2/c27-26(28,29)21-11-9-20(10-12-21)25(34)31-17-13-23(14-18-31)32(22-7-3-1-4-8-22)24(33)19-30-15-5-2-6-16-30/h1,3-4,7-12,23H,2,5-6,13-19H2. The second-order valence-corrected chi connectivity index (χ2v) is 9.03. The molecule has 2 fully saturated rings. The van der Waals surface area contributed by atoms with Crippen molar-refractivity contribution in [3.05, 3.63) is 65.7 Å². The van der Waals surface area contributed by atoms with Crippen molar-refractivity contribution in [3.8, 4) is 0 Å². The van der Waals surface area contributed by atoms with Gasteiger partial charge in [-0.25, -0.2) is 0 Å². The highest BCUT2D eigenvalue weighted by Crippen LogP contribution is 2.30. The first-order chi connectivity index (χ1) is 16.3. The lowest BCUT2D eigenvalue weighted by molar-refractivity contribution is -0.137. The number of amides is 2. The molecule has 0 saturated carbocycles. The molecule has 0 unspecified atom stereocenters. The third kappa shape index (κ3) is 5.78. The maximum Gasteiger partial charge on any atom is 0.416 e. The topological polar surface area (TPSA) is 43.9 Å². The van der Waals surface area contributed by atoms with Gasteiger partial charge >= 0.3 is 6.18 Å². The highest BCUT2D eigenvalue weighted by atomic mass is 19.4. The maximum atomic E-state index is 13.4. The molecule has 2 amide bonds. The minimum Gasteiger partial charge on any atom is -0.338 e. The second kappa shape index (κ2) is 10.6. The summed E-state index contributed by atoms with van der Waals surface area (Å²) in [5, 5.41) is 0. The van der Waals surface area contributed by atoms with Crippen LogP contribution in [0.2, 0.25) is 0 Å². The number of alkyl halides is 3. The van der Waals surface area contributed by atoms with Gasteiger partial charge in [-0.05, 0) is 75.2 Å². The normalized spacial score (nSPS) is 18.0. The molecule has 2 saturated heterocycles. The third-order valence-electron chi connectivity index (χ3n) is 6.69. The van der Waals surface area contributed by atoms with Gasteiger partial charge in [0.05, 0.1) is 12.1 Å². The Morgan fingerprint density at radius 2 is 1.47 bits per heavy atom. The van der Waals surface area contributed by atoms with Crippen LogP contribution >= 0.6 is 0 Å². The van der Waals surface area contributed by atoms with E-state index in [0.717, 1.165) is 43.8 Å². The summed E-state index contributed by atoms with van der Waals surface area (Å²) in [6.07, 6.45) is 0.242. The van der Waals surface area contributed by atoms with Gasteiger partial charge in [-0.1, -0.05) is 24.6 Å². The number of carbonyl (C=O) groups is 2. The Kier molecular flexibility index (Phi) is 7.56. The first-order valence-electron chi connectivity index (χ1n) is 11.9. The summed E-state index contributed by atoms with van der Waals surface area (Å²) in [6.45, 7) is 3.16. The Balaban J connectivity index is 1.42. The number of hydrogen-bond acceptors (Lipinski definition) is 3. The summed E-state index contributed by atoms with van der Waals surface area (Å²) < 4.78 is 38.5. The predicted octanol–water partition coefficient (Wildman–Crippen LogP) is 4.83. The van der Waals surface area contributed by atoms with Crippen LogP contribution in [0, 0.1) is 0 Å². The molecule has 2 aliphatic rings. The molecule has 0 atom stereocenters. The smallest absolute Gasteiger partial charge is 0.338 e. The zero-order valence-electron chi connectivity index (χ0n) is 19.1. The van der Waals surface area contributed by atoms with Crippen LogP contribution in [-0.2, 0) is 11.0 Å². The van der Waals surface area contributed by atoms with Crippen LogP contribution in [-0.4, -0.2) is 60.4 Å². The van der Waals surface area contributed by atoms with E-state index in [1.54, 1.807) is 4.90 Å². The van der Waals surface area contributed by atoms with Crippen LogP contribution in [0.4, 0.5) is 18.9 Å². The van der Waals surface area contributed by atoms with E-state index in [9.17, 15) is 22.8 Å². The summed E-state index contributed by atoms with van der Waals surface area (Å²) in [7, 11) is 0. The minimum absolute atomic E-state index is 0.0312. The first kappa shape index (κ1) is 24.3. The summed E-state index contributed by atoms with van der Waals surface area (Å²) in [4.78, 5) is 32.0. The van der Waals surface area contributed by atoms with Gasteiger partial charge in [0.15, 0.2) is 0 Å². The number of piperidine rings is 2. The third-order valence-corrected chi connectivity index (χ3v) is 6.69. The van der Waals surface area contributed by atoms with Gasteiger partial charge < -0.3 is 9.80 Å². The Morgan fingerprint density at radius 1 is 0.853 bits per heavy atom. The zero-order chi connectivity index (χ0) is 24.1. The van der Waals surface area contributed by atoms with Crippen molar-refractivity contribution in [3.63, 3.8) is 0 Å². The average Bonchev–Trinajstić information content (AvgIpc) is 2.85. The van der Waals surface area contributed by atoms with E-state index in [1.807, 2.05) is 35.2 Å². The molecular weight excluding hydrogens is 443 g/mol. The van der Waals surface area contributed by atoms with Crippen molar-refractivity contribution in [1.82, 2.24) is 9.80 Å². The summed E-state index contributed by atoms with van der Waals surface area (Å²) in [5.74, 6) is -0.210. The number of para-hydroxylation sites is 1. The molecule has 0 N–H and O–H groups in total. The van der Waals surface area contributed by atoms with Gasteiger partial charge in [0, 0.05) is 30.4 Å². The molecule has 2 aromatic rings. The van der Waals surface area contributed by atoms with Crippen molar-refractivity contribution >= 4 is 17.5 Å². The molecule has 4 rings (SSSR count). The molecule has 34 heavy (non-hydrogen) atoms. The lowest BCUT2D eigenvalue weighted by Crippen LogP contribution is -2.51. The number of likely N-dealkylation sites (tertiary alicyclic amines) is 2. The fourth-order valence-electron chi connectivity index (χ4n) is 4.84. The predicted molar refractivity (Wildman–Crippen MR) is 125 cm³/mol. The van der Waals surface area contributed by atoms with Crippen LogP contribution in [0.3, 0.4) is 0 Å². The number of carbonyl (C=O) groups excluding carboxylic acids is 2. The zero-order valence-corrected chi connectivity index (χ0v) is 19.1. The van der Waals surface area contributed by atoms with Crippen LogP contribution in [0.25, 0.3) is 0 Å². The Morgan fingerprint density at radius 3 is 2.06 bits per heavy atom. The van der Waals surface area contributed by atoms with E-state index >= 15 is 0 Å². The molecule has 0 radical (unpaired) electrons. The van der Waals surface area contributed by atoms with E-state index in [0.29, 0.717) is 32.5 Å². The van der Waals surface area contributed by atoms with Crippen LogP contribution in [0.1, 0.15) is 48.0 Å². The quantitative estimate of drug-likeness (QED) is 0.625. The van der Waals surface area contributed by atoms with E-state index in [-0.39, 0.29) is 23.4 Å². The highest BCUT2D eigenvalue weighted by molar-refractivity contribution is 5.96. The van der Waals surface area contributed by atoms with Gasteiger partial charge in [0.2, 0.25) is 5.91 Å². The molecule has 2 heterocycles. The monoisotopic (exact) mass is 473 g/mol. The van der Waals surface area contributed by atoms with Crippen molar-refractivity contribution in [2.75, 3.05) is 37.6 Å². The molecule has 0 bridgehead atoms. The summed E-state index contributed by atoms with van der Waals surface area (Å²) in [5.41, 5.74) is 0.332. The number of rotatable bonds is 5. The molecular formula is C26H30F3N3O2. The lowest BCUT2D eigenvalue weighted by atomic mass is 10.0. The van der Waals surface area contributed by atoms with Gasteiger partial charge in [-0.15, -0.1) is 0 Å². The van der Waals surface area contributed by atoms with Crippen molar-refractivity contribution in [2.24, 2.45) is 0 Å². The molecule has 0 spiro atoms. The number of anilines is 1. The molecule has 2 aliphatic heterocycles. The Hall–Kier alpha value is -2.87. The number of nitrogens with zero attached hydrogens (tertiary/aromatic N) is 3. The number of benzene rings is 2. The molecule has 8 heteroatoms. The molecule has 2 aromatic carbocycles. The van der Waals surface area contributed by atoms with Gasteiger partial charge in [-0.3, -0.25) is 14.5 Å². The van der Waals surface area contributed by atoms with E-state index in [2.05, 4.69) is 4.90 Å². The summed E-state index contributed by atoms with van der Waals surface area (Å²) >= 11 is 0. The van der Waals surface area contributed by atoms with Gasteiger partial charge in [-0.2, -0.15) is 13.2 Å². The fourth-order valence-corrected chi connectivity index (χ4v) is 4.84. The van der Waals surface area contributed by atoms with Crippen LogP contribution in [0.5, 0.6) is 0 Å². The molecule has 0 aromatic heterocycles. The maximum absolute atomic E-state index is 13.4. The van der Waals surface area contributed by atoms with E-state index in [1.165, 1.54) is 18.6 Å². The average molecular weight is 474 g/mol. The molecule has 182 valence electrons. The molecule has 0 aliphatic carbocycles. The Bertz CT molecular complexity index is 965. The van der Waals surface area contributed by atoms with E-state index in [4.69, 9.17) is 0 Å². The van der Waals surface area contributed by atoms with E-state index < -0.39 is 11.7 Å². The van der Waals surface area contributed by atoms with Gasteiger partial charge in [0.25, 0.3) is 5.91 Å². The fraction of sp³-hybridized carbons (Fsp3) is 0.462. The van der Waals surface area contributed by atoms with Crippen LogP contribution < -0.4 is 4.90 Å². The second-order valence-electron chi connectivity index (χ2n) is 9.03. The van der Waals surface area contributed by atoms with Crippen molar-refractivity contribution in [1.29, 1.82) is 0 Å². The summed E-state index contributed by atoms with van der Waals surface area (Å²) in [6, 6.07) is 13.9. The minimum atomic E-state index is -4.43. The highest BCUT2D eigenvalue weighted by Gasteiger charge is 2.33.